The molecule has 0 bridgehead atoms. The molecule has 0 aliphatic carbocycles. The first-order chi connectivity index (χ1) is 43.0. The summed E-state index contributed by atoms with van der Waals surface area (Å²) in [6.07, 6.45) is 0. The molecule has 0 saturated carbocycles. The number of anilines is 6. The normalized spacial score (nSPS) is 12.9. The molecule has 0 aliphatic heterocycles. The monoisotopic (exact) mass is 1130 g/mol. The van der Waals surface area contributed by atoms with E-state index in [9.17, 15) is 0 Å². The van der Waals surface area contributed by atoms with Gasteiger partial charge in [0.25, 0.3) is 0 Å². The van der Waals surface area contributed by atoms with Crippen molar-refractivity contribution in [1.82, 2.24) is 17.9 Å². The number of hydrogen-bond acceptors (Lipinski definition) is 2. The summed E-state index contributed by atoms with van der Waals surface area (Å²) >= 11 is 0. The van der Waals surface area contributed by atoms with Gasteiger partial charge in [-0.05, 0) is 148 Å². The second-order valence-electron chi connectivity index (χ2n) is 26.4. The second kappa shape index (κ2) is 17.4. The Morgan fingerprint density at radius 2 is 0.591 bits per heavy atom. The summed E-state index contributed by atoms with van der Waals surface area (Å²) in [7, 11) is 0. The van der Waals surface area contributed by atoms with Crippen LogP contribution in [0.4, 0.5) is 34.1 Å². The number of aromatic nitrogens is 4. The quantitative estimate of drug-likeness (QED) is 0.166. The molecular weight excluding hydrogens is 1070 g/mol. The van der Waals surface area contributed by atoms with Gasteiger partial charge in [0.1, 0.15) is 0 Å². The van der Waals surface area contributed by atoms with Crippen molar-refractivity contribution in [3.63, 3.8) is 0 Å². The molecule has 0 radical (unpaired) electrons. The minimum Gasteiger partial charge on any atom is -0.333 e. The van der Waals surface area contributed by atoms with Gasteiger partial charge >= 0.3 is 0 Å². The predicted molar refractivity (Wildman–Crippen MR) is 376 cm³/mol. The van der Waals surface area contributed by atoms with E-state index in [-0.39, 0.29) is 11.1 Å². The van der Waals surface area contributed by atoms with Crippen LogP contribution in [0.25, 0.3) is 141 Å². The van der Waals surface area contributed by atoms with E-state index < -0.39 is 0 Å². The van der Waals surface area contributed by atoms with Crippen LogP contribution in [0.1, 0.15) is 41.5 Å². The minimum absolute atomic E-state index is 0.219. The zero-order valence-electron chi connectivity index (χ0n) is 49.9. The lowest BCUT2D eigenvalue weighted by Crippen LogP contribution is -2.22. The number of fused-ring (bicyclic) bond motifs is 20. The number of nitrogens with zero attached hydrogens (tertiary/aromatic N) is 6. The van der Waals surface area contributed by atoms with Gasteiger partial charge in [0, 0.05) is 98.1 Å². The van der Waals surface area contributed by atoms with E-state index >= 15 is 0 Å². The molecule has 6 heterocycles. The van der Waals surface area contributed by atoms with Crippen molar-refractivity contribution >= 4 is 175 Å². The zero-order chi connectivity index (χ0) is 58.6. The fourth-order valence-corrected chi connectivity index (χ4v) is 16.0. The lowest BCUT2D eigenvalue weighted by Gasteiger charge is -2.31. The van der Waals surface area contributed by atoms with Gasteiger partial charge in [0.05, 0.1) is 66.9 Å². The average Bonchev–Trinajstić information content (AvgIpc) is 1.54. The first-order valence-corrected chi connectivity index (χ1v) is 30.9. The summed E-state index contributed by atoms with van der Waals surface area (Å²) in [6, 6.07) is 96.1. The summed E-state index contributed by atoms with van der Waals surface area (Å²) in [4.78, 5) is 5.13. The van der Waals surface area contributed by atoms with Crippen molar-refractivity contribution in [1.29, 1.82) is 0 Å². The molecule has 6 aromatic heterocycles. The molecule has 19 aromatic rings. The van der Waals surface area contributed by atoms with Crippen LogP contribution in [0.2, 0.25) is 0 Å². The molecule has 6 heteroatoms. The van der Waals surface area contributed by atoms with Gasteiger partial charge in [-0.1, -0.05) is 170 Å². The van der Waals surface area contributed by atoms with Crippen LogP contribution in [0.3, 0.4) is 0 Å². The highest BCUT2D eigenvalue weighted by molar-refractivity contribution is 6.33. The van der Waals surface area contributed by atoms with Gasteiger partial charge in [-0.15, -0.1) is 0 Å². The smallest absolute Gasteiger partial charge is 0.0741 e. The van der Waals surface area contributed by atoms with Crippen molar-refractivity contribution < 1.29 is 0 Å². The Hall–Kier alpha value is -10.8. The molecule has 0 saturated heterocycles. The van der Waals surface area contributed by atoms with Crippen LogP contribution in [0, 0.1) is 0 Å². The summed E-state index contributed by atoms with van der Waals surface area (Å²) in [6.45, 7) is 14.0. The molecule has 0 spiro atoms. The first-order valence-electron chi connectivity index (χ1n) is 30.9. The Kier molecular flexibility index (Phi) is 9.79. The highest BCUT2D eigenvalue weighted by Crippen LogP contribution is 2.54. The van der Waals surface area contributed by atoms with Gasteiger partial charge in [-0.3, -0.25) is 0 Å². The lowest BCUT2D eigenvalue weighted by molar-refractivity contribution is 0.423. The van der Waals surface area contributed by atoms with Gasteiger partial charge in [-0.25, -0.2) is 0 Å². The van der Waals surface area contributed by atoms with E-state index in [1.165, 1.54) is 141 Å². The van der Waals surface area contributed by atoms with Crippen molar-refractivity contribution in [3.8, 4) is 0 Å². The van der Waals surface area contributed by atoms with Crippen LogP contribution in [0.15, 0.2) is 255 Å². The third kappa shape index (κ3) is 6.56. The van der Waals surface area contributed by atoms with Gasteiger partial charge in [-0.2, -0.15) is 0 Å². The van der Waals surface area contributed by atoms with Crippen molar-refractivity contribution in [2.24, 2.45) is 0 Å². The lowest BCUT2D eigenvalue weighted by atomic mass is 10.0. The number of hydrogen-bond donors (Lipinski definition) is 0. The van der Waals surface area contributed by atoms with Crippen LogP contribution >= 0.6 is 0 Å². The fourth-order valence-electron chi connectivity index (χ4n) is 16.0. The minimum atomic E-state index is -0.219. The van der Waals surface area contributed by atoms with Crippen LogP contribution < -0.4 is 9.80 Å². The molecule has 88 heavy (non-hydrogen) atoms. The molecule has 13 aromatic carbocycles. The standard InChI is InChI=1S/C82H60N6/c1-81(2,3)87-67-33-17-11-25-55(67)57-29-19-35-71(77(57)87)83(53-39-37-49-21-7-9-23-51(49)45-53)69-43-41-59-63-47-74-64(48-73(63)85-65-31-15-13-27-61(65)75(69)79(59)85)60-42-44-70(76-62-28-14-16-32-66(62)86(74)80(60)76)84(54-40-38-50-22-8-10-24-52(50)46-54)72-36-20-30-58-56-26-12-18-34-68(56)88(78(58)72)82(4,5)6/h7-48H,1-6H3. The first kappa shape index (κ1) is 49.4. The van der Waals surface area contributed by atoms with E-state index in [0.29, 0.717) is 0 Å². The van der Waals surface area contributed by atoms with Crippen LogP contribution in [-0.2, 0) is 11.1 Å². The molecule has 0 unspecified atom stereocenters. The summed E-state index contributed by atoms with van der Waals surface area (Å²) in [5, 5.41) is 19.8. The largest absolute Gasteiger partial charge is 0.333 e. The number of para-hydroxylation sites is 6. The van der Waals surface area contributed by atoms with E-state index in [1.807, 2.05) is 0 Å². The molecule has 418 valence electrons. The molecule has 0 N–H and O–H groups in total. The maximum atomic E-state index is 2.58. The Morgan fingerprint density at radius 1 is 0.239 bits per heavy atom. The maximum absolute atomic E-state index is 2.58. The summed E-state index contributed by atoms with van der Waals surface area (Å²) in [5.74, 6) is 0. The molecule has 0 atom stereocenters. The highest BCUT2D eigenvalue weighted by Gasteiger charge is 2.32. The molecule has 0 amide bonds. The molecule has 6 nitrogen and oxygen atoms in total. The Bertz CT molecular complexity index is 5790. The highest BCUT2D eigenvalue weighted by atomic mass is 15.2. The third-order valence-electron chi connectivity index (χ3n) is 19.4. The summed E-state index contributed by atoms with van der Waals surface area (Å²) < 4.78 is 10.3. The Morgan fingerprint density at radius 3 is 1.01 bits per heavy atom. The van der Waals surface area contributed by atoms with Crippen molar-refractivity contribution in [2.75, 3.05) is 9.80 Å². The average molecular weight is 1130 g/mol. The maximum Gasteiger partial charge on any atom is 0.0741 e. The zero-order valence-corrected chi connectivity index (χ0v) is 49.9. The molecule has 19 rings (SSSR count). The summed E-state index contributed by atoms with van der Waals surface area (Å²) in [5.41, 5.74) is 18.6. The number of benzene rings is 13. The fraction of sp³-hybridized carbons (Fsp3) is 0.0976. The van der Waals surface area contributed by atoms with Crippen molar-refractivity contribution in [3.05, 3.63) is 255 Å². The Balaban J connectivity index is 0.898. The molecular formula is C82H60N6. The number of rotatable bonds is 6. The van der Waals surface area contributed by atoms with Gasteiger partial charge < -0.3 is 27.7 Å². The molecule has 0 fully saturated rings. The van der Waals surface area contributed by atoms with Crippen LogP contribution in [-0.4, -0.2) is 17.9 Å². The second-order valence-corrected chi connectivity index (χ2v) is 26.4. The van der Waals surface area contributed by atoms with E-state index in [2.05, 4.69) is 324 Å². The van der Waals surface area contributed by atoms with Gasteiger partial charge in [0.2, 0.25) is 0 Å². The molecule has 0 aliphatic rings. The van der Waals surface area contributed by atoms with E-state index in [0.717, 1.165) is 34.1 Å². The van der Waals surface area contributed by atoms with Gasteiger partial charge in [0.15, 0.2) is 0 Å². The third-order valence-corrected chi connectivity index (χ3v) is 19.4. The van der Waals surface area contributed by atoms with E-state index in [1.54, 1.807) is 0 Å². The SMILES string of the molecule is CC(C)(C)n1c2ccccc2c2cccc(N(c3ccc4ccccc4c3)c3ccc4c5cc6c(cc5n5c7ccccc7c3c45)c3ccc(N(c4ccc5ccccc5c4)c4cccc5c7ccccc7n(C(C)(C)C)c45)c4c5ccccc5n6c34)c21. The predicted octanol–water partition coefficient (Wildman–Crippen LogP) is 23.0. The van der Waals surface area contributed by atoms with E-state index in [4.69, 9.17) is 0 Å². The topological polar surface area (TPSA) is 25.2 Å². The van der Waals surface area contributed by atoms with Crippen molar-refractivity contribution in [2.45, 2.75) is 52.6 Å². The Labute approximate surface area is 507 Å². The van der Waals surface area contributed by atoms with Crippen LogP contribution in [0.5, 0.6) is 0 Å².